The molecule has 0 aromatic carbocycles. The van der Waals surface area contributed by atoms with Crippen LogP contribution in [0.15, 0.2) is 0 Å². The minimum absolute atomic E-state index is 0.262. The van der Waals surface area contributed by atoms with Crippen LogP contribution in [0.3, 0.4) is 0 Å². The molecule has 1 amide bonds. The first-order valence-corrected chi connectivity index (χ1v) is 7.21. The van der Waals surface area contributed by atoms with Crippen molar-refractivity contribution in [1.29, 1.82) is 0 Å². The van der Waals surface area contributed by atoms with Crippen molar-refractivity contribution >= 4 is 5.91 Å². The molecule has 0 spiro atoms. The Balaban J connectivity index is 1.71. The zero-order valence-electron chi connectivity index (χ0n) is 11.2. The summed E-state index contributed by atoms with van der Waals surface area (Å²) < 4.78 is 0. The van der Waals surface area contributed by atoms with E-state index in [1.807, 2.05) is 4.90 Å². The second-order valence-electron chi connectivity index (χ2n) is 5.65. The van der Waals surface area contributed by atoms with Gasteiger partial charge in [0.15, 0.2) is 0 Å². The first-order chi connectivity index (χ1) is 8.79. The SMILES string of the molecule is C#CCN(CC1CC1)C(=O)CCC1CCNCC1. The lowest BCUT2D eigenvalue weighted by Crippen LogP contribution is -2.34. The topological polar surface area (TPSA) is 32.3 Å². The summed E-state index contributed by atoms with van der Waals surface area (Å²) in [7, 11) is 0. The van der Waals surface area contributed by atoms with Gasteiger partial charge in [-0.25, -0.2) is 0 Å². The Morgan fingerprint density at radius 1 is 1.22 bits per heavy atom. The van der Waals surface area contributed by atoms with Crippen molar-refractivity contribution in [1.82, 2.24) is 10.2 Å². The highest BCUT2D eigenvalue weighted by atomic mass is 16.2. The van der Waals surface area contributed by atoms with E-state index in [1.165, 1.54) is 25.7 Å². The summed E-state index contributed by atoms with van der Waals surface area (Å²) in [6.07, 6.45) is 12.0. The molecule has 3 heteroatoms. The van der Waals surface area contributed by atoms with E-state index in [9.17, 15) is 4.79 Å². The highest BCUT2D eigenvalue weighted by Crippen LogP contribution is 2.30. The van der Waals surface area contributed by atoms with Gasteiger partial charge in [-0.1, -0.05) is 5.92 Å². The summed E-state index contributed by atoms with van der Waals surface area (Å²) in [5.41, 5.74) is 0. The zero-order chi connectivity index (χ0) is 12.8. The Morgan fingerprint density at radius 2 is 1.94 bits per heavy atom. The molecule has 0 atom stereocenters. The van der Waals surface area contributed by atoms with Crippen molar-refractivity contribution < 1.29 is 4.79 Å². The van der Waals surface area contributed by atoms with Crippen LogP contribution in [0, 0.1) is 24.2 Å². The second kappa shape index (κ2) is 6.80. The lowest BCUT2D eigenvalue weighted by molar-refractivity contribution is -0.131. The number of hydrogen-bond acceptors (Lipinski definition) is 2. The maximum Gasteiger partial charge on any atom is 0.223 e. The van der Waals surface area contributed by atoms with Gasteiger partial charge < -0.3 is 10.2 Å². The van der Waals surface area contributed by atoms with Gasteiger partial charge in [0, 0.05) is 13.0 Å². The van der Waals surface area contributed by atoms with Crippen LogP contribution in [0.2, 0.25) is 0 Å². The van der Waals surface area contributed by atoms with Gasteiger partial charge in [-0.05, 0) is 57.0 Å². The molecule has 100 valence electrons. The Morgan fingerprint density at radius 3 is 2.56 bits per heavy atom. The number of piperidine rings is 1. The number of rotatable bonds is 6. The number of amides is 1. The second-order valence-corrected chi connectivity index (χ2v) is 5.65. The molecule has 0 aromatic heterocycles. The fraction of sp³-hybridized carbons (Fsp3) is 0.800. The summed E-state index contributed by atoms with van der Waals surface area (Å²) in [5.74, 6) is 4.33. The molecular formula is C15H24N2O. The summed E-state index contributed by atoms with van der Waals surface area (Å²) in [6.45, 7) is 3.58. The van der Waals surface area contributed by atoms with Gasteiger partial charge in [0.1, 0.15) is 0 Å². The van der Waals surface area contributed by atoms with E-state index in [0.717, 1.165) is 37.9 Å². The van der Waals surface area contributed by atoms with Gasteiger partial charge in [-0.3, -0.25) is 4.79 Å². The summed E-state index contributed by atoms with van der Waals surface area (Å²) in [4.78, 5) is 14.0. The molecular weight excluding hydrogens is 224 g/mol. The quantitative estimate of drug-likeness (QED) is 0.725. The van der Waals surface area contributed by atoms with Crippen LogP contribution >= 0.6 is 0 Å². The third kappa shape index (κ3) is 4.34. The van der Waals surface area contributed by atoms with Crippen LogP contribution in [0.5, 0.6) is 0 Å². The van der Waals surface area contributed by atoms with Gasteiger partial charge in [0.25, 0.3) is 0 Å². The van der Waals surface area contributed by atoms with E-state index >= 15 is 0 Å². The maximum absolute atomic E-state index is 12.2. The molecule has 1 N–H and O–H groups in total. The molecule has 2 aliphatic rings. The van der Waals surface area contributed by atoms with E-state index in [0.29, 0.717) is 13.0 Å². The smallest absolute Gasteiger partial charge is 0.223 e. The van der Waals surface area contributed by atoms with Crippen LogP contribution in [-0.4, -0.2) is 37.0 Å². The molecule has 18 heavy (non-hydrogen) atoms. The molecule has 3 nitrogen and oxygen atoms in total. The summed E-state index contributed by atoms with van der Waals surface area (Å²) >= 11 is 0. The molecule has 2 fully saturated rings. The standard InChI is InChI=1S/C15H24N2O/c1-2-11-17(12-14-3-4-14)15(18)6-5-13-7-9-16-10-8-13/h1,13-14,16H,3-12H2. The molecule has 0 bridgehead atoms. The van der Waals surface area contributed by atoms with E-state index in [1.54, 1.807) is 0 Å². The number of terminal acetylenes is 1. The van der Waals surface area contributed by atoms with Crippen LogP contribution in [0.25, 0.3) is 0 Å². The molecule has 2 rings (SSSR count). The number of nitrogens with one attached hydrogen (secondary N) is 1. The van der Waals surface area contributed by atoms with Crippen molar-refractivity contribution in [2.75, 3.05) is 26.2 Å². The Labute approximate surface area is 110 Å². The van der Waals surface area contributed by atoms with Crippen molar-refractivity contribution in [2.45, 2.75) is 38.5 Å². The van der Waals surface area contributed by atoms with Crippen LogP contribution in [-0.2, 0) is 4.79 Å². The lowest BCUT2D eigenvalue weighted by Gasteiger charge is -2.24. The fourth-order valence-corrected chi connectivity index (χ4v) is 2.63. The first kappa shape index (κ1) is 13.4. The highest BCUT2D eigenvalue weighted by molar-refractivity contribution is 5.76. The monoisotopic (exact) mass is 248 g/mol. The predicted molar refractivity (Wildman–Crippen MR) is 73.0 cm³/mol. The normalized spacial score (nSPS) is 20.4. The fourth-order valence-electron chi connectivity index (χ4n) is 2.63. The number of carbonyl (C=O) groups excluding carboxylic acids is 1. The summed E-state index contributed by atoms with van der Waals surface area (Å²) in [5, 5.41) is 3.36. The van der Waals surface area contributed by atoms with Crippen molar-refractivity contribution in [2.24, 2.45) is 11.8 Å². The number of carbonyl (C=O) groups is 1. The highest BCUT2D eigenvalue weighted by Gasteiger charge is 2.26. The van der Waals surface area contributed by atoms with Crippen molar-refractivity contribution in [3.8, 4) is 12.3 Å². The number of hydrogen-bond donors (Lipinski definition) is 1. The van der Waals surface area contributed by atoms with Crippen molar-refractivity contribution in [3.63, 3.8) is 0 Å². The average molecular weight is 248 g/mol. The van der Waals surface area contributed by atoms with Gasteiger partial charge in [-0.15, -0.1) is 6.42 Å². The largest absolute Gasteiger partial charge is 0.331 e. The average Bonchev–Trinajstić information content (AvgIpc) is 3.21. The molecule has 1 aliphatic heterocycles. The van der Waals surface area contributed by atoms with Gasteiger partial charge in [0.05, 0.1) is 6.54 Å². The Kier molecular flexibility index (Phi) is 5.07. The van der Waals surface area contributed by atoms with Crippen LogP contribution in [0.1, 0.15) is 38.5 Å². The van der Waals surface area contributed by atoms with Crippen molar-refractivity contribution in [3.05, 3.63) is 0 Å². The third-order valence-corrected chi connectivity index (χ3v) is 4.04. The minimum atomic E-state index is 0.262. The molecule has 1 heterocycles. The lowest BCUT2D eigenvalue weighted by atomic mass is 9.93. The molecule has 1 saturated carbocycles. The molecule has 1 aliphatic carbocycles. The van der Waals surface area contributed by atoms with Crippen LogP contribution in [0.4, 0.5) is 0 Å². The molecule has 0 unspecified atom stereocenters. The summed E-state index contributed by atoms with van der Waals surface area (Å²) in [6, 6.07) is 0. The molecule has 0 aromatic rings. The van der Waals surface area contributed by atoms with E-state index in [2.05, 4.69) is 11.2 Å². The van der Waals surface area contributed by atoms with Crippen LogP contribution < -0.4 is 5.32 Å². The first-order valence-electron chi connectivity index (χ1n) is 7.21. The molecule has 1 saturated heterocycles. The minimum Gasteiger partial charge on any atom is -0.331 e. The van der Waals surface area contributed by atoms with Gasteiger partial charge in [0.2, 0.25) is 5.91 Å². The number of nitrogens with zero attached hydrogens (tertiary/aromatic N) is 1. The van der Waals surface area contributed by atoms with Gasteiger partial charge in [-0.2, -0.15) is 0 Å². The predicted octanol–water partition coefficient (Wildman–Crippen LogP) is 1.64. The third-order valence-electron chi connectivity index (χ3n) is 4.04. The zero-order valence-corrected chi connectivity index (χ0v) is 11.2. The van der Waals surface area contributed by atoms with E-state index in [4.69, 9.17) is 6.42 Å². The molecule has 0 radical (unpaired) electrons. The Hall–Kier alpha value is -1.01. The van der Waals surface area contributed by atoms with E-state index < -0.39 is 0 Å². The maximum atomic E-state index is 12.2. The Bertz CT molecular complexity index is 311. The van der Waals surface area contributed by atoms with Gasteiger partial charge >= 0.3 is 0 Å². The van der Waals surface area contributed by atoms with E-state index in [-0.39, 0.29) is 5.91 Å².